The second-order valence-electron chi connectivity index (χ2n) is 3.09. The van der Waals surface area contributed by atoms with Crippen LogP contribution in [0.2, 0.25) is 0 Å². The van der Waals surface area contributed by atoms with E-state index in [0.717, 1.165) is 6.07 Å². The Morgan fingerprint density at radius 2 is 1.94 bits per heavy atom. The van der Waals surface area contributed by atoms with Gasteiger partial charge in [0.2, 0.25) is 0 Å². The number of rotatable bonds is 5. The van der Waals surface area contributed by atoms with Crippen LogP contribution in [-0.2, 0) is 10.6 Å². The first-order valence-electron chi connectivity index (χ1n) is 4.54. The van der Waals surface area contributed by atoms with E-state index in [0.29, 0.717) is 5.56 Å². The summed E-state index contributed by atoms with van der Waals surface area (Å²) in [5.41, 5.74) is 0.349. The molecule has 0 aliphatic carbocycles. The number of ether oxygens (including phenoxy) is 2. The van der Waals surface area contributed by atoms with Gasteiger partial charge in [-0.3, -0.25) is 0 Å². The summed E-state index contributed by atoms with van der Waals surface area (Å²) in [4.78, 5) is 0. The summed E-state index contributed by atoms with van der Waals surface area (Å²) < 4.78 is 57.4. The van der Waals surface area contributed by atoms with Crippen LogP contribution in [0, 0.1) is 5.82 Å². The van der Waals surface area contributed by atoms with Crippen LogP contribution in [0.15, 0.2) is 18.2 Å². The van der Waals surface area contributed by atoms with Crippen molar-refractivity contribution in [2.75, 3.05) is 13.4 Å². The Bertz CT molecular complexity index is 368. The van der Waals surface area contributed by atoms with Gasteiger partial charge in [0.25, 0.3) is 0 Å². The normalized spacial score (nSPS) is 11.6. The van der Waals surface area contributed by atoms with Crippen molar-refractivity contribution in [1.82, 2.24) is 0 Å². The molecule has 0 atom stereocenters. The lowest BCUT2D eigenvalue weighted by Gasteiger charge is -2.12. The molecule has 0 saturated carbocycles. The molecular weight excluding hydrogens is 264 g/mol. The molecule has 0 spiro atoms. The summed E-state index contributed by atoms with van der Waals surface area (Å²) in [6.07, 6.45) is -4.44. The highest BCUT2D eigenvalue weighted by atomic mass is 35.5. The van der Waals surface area contributed by atoms with Crippen molar-refractivity contribution < 1.29 is 27.0 Å². The summed E-state index contributed by atoms with van der Waals surface area (Å²) in [7, 11) is 0. The van der Waals surface area contributed by atoms with Crippen LogP contribution in [0.5, 0.6) is 5.75 Å². The average molecular weight is 273 g/mol. The van der Waals surface area contributed by atoms with E-state index in [-0.39, 0.29) is 11.6 Å². The molecule has 0 N–H and O–H groups in total. The molecule has 0 unspecified atom stereocenters. The first kappa shape index (κ1) is 14.1. The van der Waals surface area contributed by atoms with Crippen molar-refractivity contribution in [3.05, 3.63) is 29.6 Å². The fraction of sp³-hybridized carbons (Fsp3) is 0.400. The number of hydrogen-bond acceptors (Lipinski definition) is 2. The molecule has 0 amide bonds. The molecule has 0 saturated heterocycles. The van der Waals surface area contributed by atoms with Crippen LogP contribution >= 0.6 is 11.6 Å². The van der Waals surface area contributed by atoms with Gasteiger partial charge in [0.15, 0.2) is 18.4 Å². The fourth-order valence-electron chi connectivity index (χ4n) is 1.08. The van der Waals surface area contributed by atoms with E-state index in [4.69, 9.17) is 16.3 Å². The molecule has 0 bridgehead atoms. The Kier molecular flexibility index (Phi) is 5.02. The second kappa shape index (κ2) is 6.07. The smallest absolute Gasteiger partial charge is 0.411 e. The van der Waals surface area contributed by atoms with Gasteiger partial charge >= 0.3 is 6.18 Å². The van der Waals surface area contributed by atoms with Crippen molar-refractivity contribution in [3.8, 4) is 5.75 Å². The zero-order valence-corrected chi connectivity index (χ0v) is 9.32. The second-order valence-corrected chi connectivity index (χ2v) is 3.35. The summed E-state index contributed by atoms with van der Waals surface area (Å²) in [5, 5.41) is 0. The molecule has 7 heteroatoms. The maximum atomic E-state index is 13.2. The molecule has 0 aliphatic heterocycles. The first-order chi connectivity index (χ1) is 7.94. The summed E-state index contributed by atoms with van der Waals surface area (Å²) in [5.74, 6) is -0.893. The van der Waals surface area contributed by atoms with E-state index in [1.807, 2.05) is 0 Å². The van der Waals surface area contributed by atoms with Crippen molar-refractivity contribution >= 4 is 11.6 Å². The van der Waals surface area contributed by atoms with Crippen LogP contribution in [0.1, 0.15) is 5.56 Å². The molecule has 96 valence electrons. The minimum Gasteiger partial charge on any atom is -0.464 e. The first-order valence-corrected chi connectivity index (χ1v) is 5.08. The SMILES string of the molecule is Fc1cccc(CCl)c1OCOCC(F)(F)F. The van der Waals surface area contributed by atoms with Crippen LogP contribution in [0.25, 0.3) is 0 Å². The highest BCUT2D eigenvalue weighted by Gasteiger charge is 2.27. The topological polar surface area (TPSA) is 18.5 Å². The van der Waals surface area contributed by atoms with E-state index >= 15 is 0 Å². The van der Waals surface area contributed by atoms with Crippen molar-refractivity contribution in [2.45, 2.75) is 12.1 Å². The molecule has 1 rings (SSSR count). The Labute approximate surface area is 100 Å². The molecule has 0 aliphatic rings. The lowest BCUT2D eigenvalue weighted by atomic mass is 10.2. The molecule has 0 radical (unpaired) electrons. The molecular formula is C10H9ClF4O2. The third-order valence-electron chi connectivity index (χ3n) is 1.74. The van der Waals surface area contributed by atoms with Gasteiger partial charge in [-0.25, -0.2) is 4.39 Å². The van der Waals surface area contributed by atoms with Gasteiger partial charge in [-0.05, 0) is 6.07 Å². The lowest BCUT2D eigenvalue weighted by molar-refractivity contribution is -0.187. The Balaban J connectivity index is 2.52. The Hall–Kier alpha value is -1.01. The number of alkyl halides is 4. The predicted molar refractivity (Wildman–Crippen MR) is 53.5 cm³/mol. The Morgan fingerprint density at radius 1 is 1.24 bits per heavy atom. The van der Waals surface area contributed by atoms with E-state index in [2.05, 4.69) is 4.74 Å². The molecule has 0 aromatic heterocycles. The van der Waals surface area contributed by atoms with Crippen LogP contribution in [0.3, 0.4) is 0 Å². The Morgan fingerprint density at radius 3 is 2.53 bits per heavy atom. The number of benzene rings is 1. The van der Waals surface area contributed by atoms with Crippen molar-refractivity contribution in [2.24, 2.45) is 0 Å². The third kappa shape index (κ3) is 4.79. The number of halogens is 5. The van der Waals surface area contributed by atoms with E-state index in [9.17, 15) is 17.6 Å². The van der Waals surface area contributed by atoms with Gasteiger partial charge in [0, 0.05) is 5.56 Å². The summed E-state index contributed by atoms with van der Waals surface area (Å²) >= 11 is 5.52. The summed E-state index contributed by atoms with van der Waals surface area (Å²) in [6.45, 7) is -2.14. The zero-order chi connectivity index (χ0) is 12.9. The van der Waals surface area contributed by atoms with Crippen LogP contribution in [0.4, 0.5) is 17.6 Å². The maximum Gasteiger partial charge on any atom is 0.411 e. The number of hydrogen-bond donors (Lipinski definition) is 0. The van der Waals surface area contributed by atoms with Crippen LogP contribution in [-0.4, -0.2) is 19.6 Å². The monoisotopic (exact) mass is 272 g/mol. The molecule has 0 heterocycles. The summed E-state index contributed by atoms with van der Waals surface area (Å²) in [6, 6.07) is 4.06. The lowest BCUT2D eigenvalue weighted by Crippen LogP contribution is -2.19. The van der Waals surface area contributed by atoms with Gasteiger partial charge in [0.05, 0.1) is 5.88 Å². The number of para-hydroxylation sites is 1. The quantitative estimate of drug-likeness (QED) is 0.354. The van der Waals surface area contributed by atoms with Gasteiger partial charge in [-0.1, -0.05) is 12.1 Å². The predicted octanol–water partition coefficient (Wildman–Crippen LogP) is 3.48. The molecule has 0 fully saturated rings. The van der Waals surface area contributed by atoms with E-state index in [1.54, 1.807) is 0 Å². The van der Waals surface area contributed by atoms with Crippen molar-refractivity contribution in [3.63, 3.8) is 0 Å². The molecule has 2 nitrogen and oxygen atoms in total. The van der Waals surface area contributed by atoms with Gasteiger partial charge in [-0.15, -0.1) is 11.6 Å². The van der Waals surface area contributed by atoms with Crippen molar-refractivity contribution in [1.29, 1.82) is 0 Å². The standard InChI is InChI=1S/C10H9ClF4O2/c11-4-7-2-1-3-8(12)9(7)17-6-16-5-10(13,14)15/h1-3H,4-6H2. The highest BCUT2D eigenvalue weighted by Crippen LogP contribution is 2.24. The molecule has 17 heavy (non-hydrogen) atoms. The highest BCUT2D eigenvalue weighted by molar-refractivity contribution is 6.17. The minimum atomic E-state index is -4.44. The van der Waals surface area contributed by atoms with E-state index in [1.165, 1.54) is 12.1 Å². The average Bonchev–Trinajstić information content (AvgIpc) is 2.24. The zero-order valence-electron chi connectivity index (χ0n) is 8.56. The third-order valence-corrected chi connectivity index (χ3v) is 2.03. The van der Waals surface area contributed by atoms with Gasteiger partial charge < -0.3 is 9.47 Å². The van der Waals surface area contributed by atoms with Gasteiger partial charge in [-0.2, -0.15) is 13.2 Å². The van der Waals surface area contributed by atoms with Gasteiger partial charge in [0.1, 0.15) is 6.61 Å². The molecule has 1 aromatic rings. The minimum absolute atomic E-state index is 0.00758. The fourth-order valence-corrected chi connectivity index (χ4v) is 1.29. The van der Waals surface area contributed by atoms with Crippen LogP contribution < -0.4 is 4.74 Å². The van der Waals surface area contributed by atoms with E-state index < -0.39 is 25.4 Å². The maximum absolute atomic E-state index is 13.2. The molecule has 1 aromatic carbocycles. The largest absolute Gasteiger partial charge is 0.464 e.